The topological polar surface area (TPSA) is 89.8 Å². The van der Waals surface area contributed by atoms with Crippen molar-refractivity contribution in [1.29, 1.82) is 0 Å². The van der Waals surface area contributed by atoms with Gasteiger partial charge in [0.25, 0.3) is 5.91 Å². The molecule has 0 unspecified atom stereocenters. The molecule has 0 saturated heterocycles. The van der Waals surface area contributed by atoms with Crippen molar-refractivity contribution in [3.63, 3.8) is 0 Å². The summed E-state index contributed by atoms with van der Waals surface area (Å²) in [5.41, 5.74) is 6.84. The maximum absolute atomic E-state index is 11.5. The first-order valence-electron chi connectivity index (χ1n) is 6.95. The van der Waals surface area contributed by atoms with Crippen LogP contribution in [-0.4, -0.2) is 28.8 Å². The maximum Gasteiger partial charge on any atom is 0.260 e. The van der Waals surface area contributed by atoms with E-state index in [-0.39, 0.29) is 6.61 Å². The summed E-state index contributed by atoms with van der Waals surface area (Å²) in [5.74, 6) is 0.298. The minimum absolute atomic E-state index is 0.0355. The number of aliphatic hydroxyl groups is 1. The molecular weight excluding hydrogens is 302 g/mol. The summed E-state index contributed by atoms with van der Waals surface area (Å²) < 4.78 is 7.18. The zero-order chi connectivity index (χ0) is 16.1. The predicted octanol–water partition coefficient (Wildman–Crippen LogP) is 1.58. The molecule has 7 heteroatoms. The van der Waals surface area contributed by atoms with Gasteiger partial charge in [0.05, 0.1) is 18.9 Å². The SMILES string of the molecule is CCOc1ccc(N=c2sc(C(N)=O)c(C)n2CCO)cc1. The Hall–Kier alpha value is -2.12. The molecule has 0 radical (unpaired) electrons. The average Bonchev–Trinajstić information content (AvgIpc) is 2.79. The Kier molecular flexibility index (Phi) is 5.35. The molecule has 0 aliphatic rings. The van der Waals surface area contributed by atoms with Crippen molar-refractivity contribution in [3.8, 4) is 5.75 Å². The smallest absolute Gasteiger partial charge is 0.260 e. The lowest BCUT2D eigenvalue weighted by molar-refractivity contribution is 0.100. The summed E-state index contributed by atoms with van der Waals surface area (Å²) in [4.78, 5) is 17.1. The normalized spacial score (nSPS) is 11.7. The van der Waals surface area contributed by atoms with Gasteiger partial charge in [0.2, 0.25) is 0 Å². The van der Waals surface area contributed by atoms with Crippen LogP contribution in [0.15, 0.2) is 29.3 Å². The lowest BCUT2D eigenvalue weighted by atomic mass is 10.3. The Morgan fingerprint density at radius 1 is 1.41 bits per heavy atom. The first kappa shape index (κ1) is 16.3. The molecule has 0 fully saturated rings. The van der Waals surface area contributed by atoms with Gasteiger partial charge in [-0.05, 0) is 38.1 Å². The lowest BCUT2D eigenvalue weighted by Gasteiger charge is -2.04. The minimum atomic E-state index is -0.484. The predicted molar refractivity (Wildman–Crippen MR) is 85.5 cm³/mol. The van der Waals surface area contributed by atoms with Crippen LogP contribution < -0.4 is 15.3 Å². The third-order valence-corrected chi connectivity index (χ3v) is 4.27. The van der Waals surface area contributed by atoms with Crippen LogP contribution in [0.3, 0.4) is 0 Å². The Bertz CT molecular complexity index is 717. The van der Waals surface area contributed by atoms with Gasteiger partial charge in [0, 0.05) is 12.2 Å². The number of aromatic nitrogens is 1. The van der Waals surface area contributed by atoms with E-state index in [4.69, 9.17) is 10.5 Å². The minimum Gasteiger partial charge on any atom is -0.494 e. The molecule has 2 aromatic rings. The quantitative estimate of drug-likeness (QED) is 0.846. The van der Waals surface area contributed by atoms with E-state index in [1.54, 1.807) is 11.5 Å². The van der Waals surface area contributed by atoms with Gasteiger partial charge in [-0.2, -0.15) is 0 Å². The summed E-state index contributed by atoms with van der Waals surface area (Å²) >= 11 is 1.22. The summed E-state index contributed by atoms with van der Waals surface area (Å²) in [7, 11) is 0. The molecule has 1 aromatic heterocycles. The summed E-state index contributed by atoms with van der Waals surface area (Å²) in [6.45, 7) is 4.66. The summed E-state index contributed by atoms with van der Waals surface area (Å²) in [6, 6.07) is 7.36. The Balaban J connectivity index is 2.45. The highest BCUT2D eigenvalue weighted by molar-refractivity contribution is 7.11. The van der Waals surface area contributed by atoms with Gasteiger partial charge < -0.3 is 20.1 Å². The van der Waals surface area contributed by atoms with Crippen LogP contribution in [0.25, 0.3) is 0 Å². The third kappa shape index (κ3) is 3.55. The molecule has 0 aliphatic carbocycles. The fourth-order valence-corrected chi connectivity index (χ4v) is 3.09. The molecule has 0 bridgehead atoms. The Labute approximate surface area is 132 Å². The highest BCUT2D eigenvalue weighted by Crippen LogP contribution is 2.18. The molecule has 1 amide bonds. The van der Waals surface area contributed by atoms with Gasteiger partial charge in [-0.25, -0.2) is 4.99 Å². The molecule has 22 heavy (non-hydrogen) atoms. The van der Waals surface area contributed by atoms with Crippen LogP contribution in [0.2, 0.25) is 0 Å². The number of carbonyl (C=O) groups is 1. The molecular formula is C15H19N3O3S. The van der Waals surface area contributed by atoms with E-state index in [0.717, 1.165) is 17.1 Å². The number of aliphatic hydroxyl groups excluding tert-OH is 1. The fourth-order valence-electron chi connectivity index (χ4n) is 2.06. The van der Waals surface area contributed by atoms with Crippen molar-refractivity contribution in [2.75, 3.05) is 13.2 Å². The van der Waals surface area contributed by atoms with Crippen molar-refractivity contribution < 1.29 is 14.6 Å². The zero-order valence-corrected chi connectivity index (χ0v) is 13.4. The van der Waals surface area contributed by atoms with Crippen LogP contribution in [0.4, 0.5) is 5.69 Å². The highest BCUT2D eigenvalue weighted by atomic mass is 32.1. The number of carbonyl (C=O) groups excluding carboxylic acids is 1. The number of ether oxygens (including phenoxy) is 1. The van der Waals surface area contributed by atoms with Crippen molar-refractivity contribution in [2.24, 2.45) is 10.7 Å². The van der Waals surface area contributed by atoms with Crippen LogP contribution in [0.5, 0.6) is 5.75 Å². The van der Waals surface area contributed by atoms with E-state index in [1.807, 2.05) is 31.2 Å². The van der Waals surface area contributed by atoms with E-state index in [9.17, 15) is 9.90 Å². The molecule has 1 aromatic carbocycles. The second kappa shape index (κ2) is 7.24. The summed E-state index contributed by atoms with van der Waals surface area (Å²) in [6.07, 6.45) is 0. The molecule has 0 saturated carbocycles. The number of hydrogen-bond acceptors (Lipinski definition) is 5. The first-order valence-corrected chi connectivity index (χ1v) is 7.77. The van der Waals surface area contributed by atoms with E-state index >= 15 is 0 Å². The third-order valence-electron chi connectivity index (χ3n) is 3.08. The first-order chi connectivity index (χ1) is 10.6. The molecule has 3 N–H and O–H groups in total. The number of primary amides is 1. The van der Waals surface area contributed by atoms with Gasteiger partial charge in [-0.1, -0.05) is 11.3 Å². The summed E-state index contributed by atoms with van der Waals surface area (Å²) in [5, 5.41) is 9.19. The van der Waals surface area contributed by atoms with Crippen molar-refractivity contribution in [2.45, 2.75) is 20.4 Å². The van der Waals surface area contributed by atoms with Crippen molar-refractivity contribution in [3.05, 3.63) is 39.6 Å². The Morgan fingerprint density at radius 2 is 2.09 bits per heavy atom. The lowest BCUT2D eigenvalue weighted by Crippen LogP contribution is -2.18. The number of rotatable bonds is 6. The number of hydrogen-bond donors (Lipinski definition) is 2. The van der Waals surface area contributed by atoms with Gasteiger partial charge in [0.15, 0.2) is 4.80 Å². The monoisotopic (exact) mass is 321 g/mol. The Morgan fingerprint density at radius 3 is 2.64 bits per heavy atom. The standard InChI is InChI=1S/C15H19N3O3S/c1-3-21-12-6-4-11(5-7-12)17-15-18(8-9-19)10(2)13(22-15)14(16)20/h4-7,19H,3,8-9H2,1-2H3,(H2,16,20). The van der Waals surface area contributed by atoms with Gasteiger partial charge in [-0.15, -0.1) is 0 Å². The molecule has 0 atom stereocenters. The van der Waals surface area contributed by atoms with Crippen molar-refractivity contribution in [1.82, 2.24) is 4.57 Å². The number of nitrogens with two attached hydrogens (primary N) is 1. The number of benzene rings is 1. The average molecular weight is 321 g/mol. The molecule has 0 aliphatic heterocycles. The van der Waals surface area contributed by atoms with Gasteiger partial charge in [0.1, 0.15) is 10.6 Å². The fraction of sp³-hybridized carbons (Fsp3) is 0.333. The van der Waals surface area contributed by atoms with Gasteiger partial charge in [-0.3, -0.25) is 4.79 Å². The molecule has 6 nitrogen and oxygen atoms in total. The second-order valence-corrected chi connectivity index (χ2v) is 5.55. The van der Waals surface area contributed by atoms with E-state index in [2.05, 4.69) is 4.99 Å². The largest absolute Gasteiger partial charge is 0.494 e. The number of amides is 1. The van der Waals surface area contributed by atoms with Crippen molar-refractivity contribution >= 4 is 22.9 Å². The number of thiazole rings is 1. The van der Waals surface area contributed by atoms with Gasteiger partial charge >= 0.3 is 0 Å². The van der Waals surface area contributed by atoms with Crippen LogP contribution >= 0.6 is 11.3 Å². The highest BCUT2D eigenvalue weighted by Gasteiger charge is 2.13. The molecule has 0 spiro atoms. The van der Waals surface area contributed by atoms with Crippen LogP contribution in [0.1, 0.15) is 22.3 Å². The van der Waals surface area contributed by atoms with Crippen LogP contribution in [0, 0.1) is 6.92 Å². The van der Waals surface area contributed by atoms with Crippen LogP contribution in [-0.2, 0) is 6.54 Å². The maximum atomic E-state index is 11.5. The van der Waals surface area contributed by atoms with E-state index in [1.165, 1.54) is 11.3 Å². The second-order valence-electron chi connectivity index (χ2n) is 4.58. The number of nitrogens with zero attached hydrogens (tertiary/aromatic N) is 2. The zero-order valence-electron chi connectivity index (χ0n) is 12.6. The molecule has 118 valence electrons. The molecule has 2 rings (SSSR count). The van der Waals surface area contributed by atoms with E-state index in [0.29, 0.717) is 22.8 Å². The van der Waals surface area contributed by atoms with E-state index < -0.39 is 5.91 Å². The molecule has 1 heterocycles.